The third-order valence-corrected chi connectivity index (χ3v) is 5.21. The van der Waals surface area contributed by atoms with Gasteiger partial charge in [0.05, 0.1) is 0 Å². The molecule has 8 heteroatoms. The number of anilines is 2. The van der Waals surface area contributed by atoms with Gasteiger partial charge in [0.1, 0.15) is 12.1 Å². The molecule has 2 aromatic carbocycles. The molecule has 1 fully saturated rings. The maximum Gasteiger partial charge on any atom is 0.325 e. The fraction of sp³-hybridized carbons (Fsp3) is 0.238. The fourth-order valence-corrected chi connectivity index (χ4v) is 3.92. The van der Waals surface area contributed by atoms with E-state index in [4.69, 9.17) is 0 Å². The van der Waals surface area contributed by atoms with Gasteiger partial charge in [-0.1, -0.05) is 24.3 Å². The van der Waals surface area contributed by atoms with Crippen molar-refractivity contribution >= 4 is 35.1 Å². The molecule has 1 spiro atoms. The van der Waals surface area contributed by atoms with Crippen molar-refractivity contribution in [1.82, 2.24) is 10.2 Å². The first-order chi connectivity index (χ1) is 13.9. The maximum atomic E-state index is 13.1. The molecule has 0 radical (unpaired) electrons. The Morgan fingerprint density at radius 3 is 2.38 bits per heavy atom. The van der Waals surface area contributed by atoms with Crippen LogP contribution < -0.4 is 16.0 Å². The van der Waals surface area contributed by atoms with Crippen LogP contribution >= 0.6 is 0 Å². The van der Waals surface area contributed by atoms with Crippen LogP contribution in [0.1, 0.15) is 24.5 Å². The molecule has 1 saturated heterocycles. The molecule has 2 aliphatic rings. The van der Waals surface area contributed by atoms with Crippen molar-refractivity contribution in [2.24, 2.45) is 0 Å². The summed E-state index contributed by atoms with van der Waals surface area (Å²) in [6.45, 7) is 1.03. The average molecular weight is 392 g/mol. The summed E-state index contributed by atoms with van der Waals surface area (Å²) in [7, 11) is 0. The highest BCUT2D eigenvalue weighted by Crippen LogP contribution is 2.41. The van der Waals surface area contributed by atoms with Gasteiger partial charge in [0.15, 0.2) is 0 Å². The average Bonchev–Trinajstić information content (AvgIpc) is 3.17. The van der Waals surface area contributed by atoms with Gasteiger partial charge >= 0.3 is 6.03 Å². The highest BCUT2D eigenvalue weighted by molar-refractivity contribution is 6.11. The highest BCUT2D eigenvalue weighted by Gasteiger charge is 2.55. The second kappa shape index (κ2) is 7.05. The molecular weight excluding hydrogens is 372 g/mol. The predicted molar refractivity (Wildman–Crippen MR) is 106 cm³/mol. The van der Waals surface area contributed by atoms with Gasteiger partial charge in [-0.3, -0.25) is 19.3 Å². The van der Waals surface area contributed by atoms with Crippen LogP contribution in [-0.2, 0) is 26.3 Å². The van der Waals surface area contributed by atoms with E-state index in [0.29, 0.717) is 24.2 Å². The van der Waals surface area contributed by atoms with E-state index >= 15 is 0 Å². The molecule has 1 aliphatic heterocycles. The van der Waals surface area contributed by atoms with E-state index in [9.17, 15) is 19.2 Å². The number of hydrogen-bond donors (Lipinski definition) is 3. The van der Waals surface area contributed by atoms with E-state index in [-0.39, 0.29) is 12.5 Å². The molecular formula is C21H20N4O4. The first-order valence-electron chi connectivity index (χ1n) is 9.29. The van der Waals surface area contributed by atoms with Gasteiger partial charge in [-0.2, -0.15) is 0 Å². The molecule has 1 heterocycles. The molecule has 0 aromatic heterocycles. The molecule has 1 atom stereocenters. The number of aryl methyl sites for hydroxylation is 1. The number of hydrogen-bond acceptors (Lipinski definition) is 4. The van der Waals surface area contributed by atoms with Crippen LogP contribution in [0.25, 0.3) is 0 Å². The van der Waals surface area contributed by atoms with Crippen LogP contribution in [0.2, 0.25) is 0 Å². The maximum absolute atomic E-state index is 13.1. The van der Waals surface area contributed by atoms with Crippen LogP contribution in [0.15, 0.2) is 48.5 Å². The Morgan fingerprint density at radius 2 is 1.69 bits per heavy atom. The quantitative estimate of drug-likeness (QED) is 0.692. The Balaban J connectivity index is 1.45. The SMILES string of the molecule is CC(=O)Nc1ccc(NC(=O)CN2C(=O)N[C@]3(CCc4ccccc43)C2=O)cc1. The van der Waals surface area contributed by atoms with Gasteiger partial charge in [-0.15, -0.1) is 0 Å². The zero-order chi connectivity index (χ0) is 20.6. The molecule has 1 aliphatic carbocycles. The minimum absolute atomic E-state index is 0.192. The van der Waals surface area contributed by atoms with E-state index in [0.717, 1.165) is 16.0 Å². The monoisotopic (exact) mass is 392 g/mol. The number of carbonyl (C=O) groups excluding carboxylic acids is 4. The molecule has 148 valence electrons. The first kappa shape index (κ1) is 18.7. The molecule has 4 rings (SSSR count). The van der Waals surface area contributed by atoms with Crippen molar-refractivity contribution in [1.29, 1.82) is 0 Å². The summed E-state index contributed by atoms with van der Waals surface area (Å²) in [5.41, 5.74) is 1.86. The minimum Gasteiger partial charge on any atom is -0.326 e. The molecule has 8 nitrogen and oxygen atoms in total. The summed E-state index contributed by atoms with van der Waals surface area (Å²) in [5, 5.41) is 8.09. The van der Waals surface area contributed by atoms with Gasteiger partial charge in [0.25, 0.3) is 5.91 Å². The lowest BCUT2D eigenvalue weighted by molar-refractivity contribution is -0.134. The van der Waals surface area contributed by atoms with E-state index in [1.165, 1.54) is 6.92 Å². The first-order valence-corrected chi connectivity index (χ1v) is 9.29. The third kappa shape index (κ3) is 3.33. The lowest BCUT2D eigenvalue weighted by atomic mass is 9.92. The number of imide groups is 1. The van der Waals surface area contributed by atoms with Crippen molar-refractivity contribution < 1.29 is 19.2 Å². The second-order valence-electron chi connectivity index (χ2n) is 7.19. The number of benzene rings is 2. The number of carbonyl (C=O) groups is 4. The third-order valence-electron chi connectivity index (χ3n) is 5.21. The van der Waals surface area contributed by atoms with E-state index in [1.807, 2.05) is 24.3 Å². The summed E-state index contributed by atoms with van der Waals surface area (Å²) < 4.78 is 0. The molecule has 0 saturated carbocycles. The van der Waals surface area contributed by atoms with Gasteiger partial charge in [0, 0.05) is 18.3 Å². The van der Waals surface area contributed by atoms with Crippen molar-refractivity contribution in [3.05, 3.63) is 59.7 Å². The standard InChI is InChI=1S/C21H20N4O4/c1-13(26)22-15-6-8-16(9-7-15)23-18(27)12-25-19(28)21(24-20(25)29)11-10-14-4-2-3-5-17(14)21/h2-9H,10-12H2,1H3,(H,22,26)(H,23,27)(H,24,29)/t21-/m0/s1. The van der Waals surface area contributed by atoms with Gasteiger partial charge < -0.3 is 16.0 Å². The highest BCUT2D eigenvalue weighted by atomic mass is 16.2. The van der Waals surface area contributed by atoms with Crippen LogP contribution in [0.3, 0.4) is 0 Å². The lowest BCUT2D eigenvalue weighted by Crippen LogP contribution is -2.42. The van der Waals surface area contributed by atoms with Crippen molar-refractivity contribution in [2.75, 3.05) is 17.2 Å². The number of nitrogens with one attached hydrogen (secondary N) is 3. The van der Waals surface area contributed by atoms with Crippen LogP contribution in [0.4, 0.5) is 16.2 Å². The second-order valence-corrected chi connectivity index (χ2v) is 7.19. The molecule has 0 bridgehead atoms. The van der Waals surface area contributed by atoms with Crippen LogP contribution in [-0.4, -0.2) is 35.2 Å². The Morgan fingerprint density at radius 1 is 1.03 bits per heavy atom. The number of fused-ring (bicyclic) bond motifs is 2. The van der Waals surface area contributed by atoms with Crippen molar-refractivity contribution in [3.63, 3.8) is 0 Å². The fourth-order valence-electron chi connectivity index (χ4n) is 3.92. The van der Waals surface area contributed by atoms with E-state index in [1.54, 1.807) is 24.3 Å². The predicted octanol–water partition coefficient (Wildman–Crippen LogP) is 1.98. The van der Waals surface area contributed by atoms with Crippen molar-refractivity contribution in [3.8, 4) is 0 Å². The summed E-state index contributed by atoms with van der Waals surface area (Å²) in [6.07, 6.45) is 1.18. The number of nitrogens with zero attached hydrogens (tertiary/aromatic N) is 1. The number of amides is 5. The van der Waals surface area contributed by atoms with E-state index < -0.39 is 23.4 Å². The Hall–Kier alpha value is -3.68. The zero-order valence-corrected chi connectivity index (χ0v) is 15.8. The normalized spacial score (nSPS) is 19.8. The molecule has 2 aromatic rings. The summed E-state index contributed by atoms with van der Waals surface area (Å²) >= 11 is 0. The van der Waals surface area contributed by atoms with Gasteiger partial charge in [0.2, 0.25) is 11.8 Å². The molecule has 29 heavy (non-hydrogen) atoms. The van der Waals surface area contributed by atoms with E-state index in [2.05, 4.69) is 16.0 Å². The van der Waals surface area contributed by atoms with Gasteiger partial charge in [-0.25, -0.2) is 4.79 Å². The van der Waals surface area contributed by atoms with Gasteiger partial charge in [-0.05, 0) is 48.2 Å². The summed E-state index contributed by atoms with van der Waals surface area (Å²) in [4.78, 5) is 50.0. The Bertz CT molecular complexity index is 1020. The number of rotatable bonds is 4. The Kier molecular flexibility index (Phi) is 4.54. The van der Waals surface area contributed by atoms with Crippen LogP contribution in [0.5, 0.6) is 0 Å². The van der Waals surface area contributed by atoms with Crippen molar-refractivity contribution in [2.45, 2.75) is 25.3 Å². The topological polar surface area (TPSA) is 108 Å². The lowest BCUT2D eigenvalue weighted by Gasteiger charge is -2.22. The Labute approximate surface area is 167 Å². The molecule has 5 amide bonds. The largest absolute Gasteiger partial charge is 0.326 e. The minimum atomic E-state index is -1.08. The summed E-state index contributed by atoms with van der Waals surface area (Å²) in [5.74, 6) is -1.07. The number of urea groups is 1. The molecule has 3 N–H and O–H groups in total. The molecule has 0 unspecified atom stereocenters. The zero-order valence-electron chi connectivity index (χ0n) is 15.8. The summed E-state index contributed by atoms with van der Waals surface area (Å²) in [6, 6.07) is 13.5. The smallest absolute Gasteiger partial charge is 0.325 e. The van der Waals surface area contributed by atoms with Crippen LogP contribution in [0, 0.1) is 0 Å².